The van der Waals surface area contributed by atoms with Gasteiger partial charge < -0.3 is 9.30 Å². The molecule has 1 aromatic rings. The molecule has 1 aromatic heterocycles. The third-order valence-corrected chi connectivity index (χ3v) is 3.85. The van der Waals surface area contributed by atoms with Crippen LogP contribution in [0.1, 0.15) is 5.82 Å². The van der Waals surface area contributed by atoms with E-state index in [2.05, 4.69) is 44.4 Å². The molecule has 0 radical (unpaired) electrons. The van der Waals surface area contributed by atoms with Gasteiger partial charge in [0.25, 0.3) is 0 Å². The molecule has 0 fully saturated rings. The van der Waals surface area contributed by atoms with E-state index in [1.54, 1.807) is 6.20 Å². The summed E-state index contributed by atoms with van der Waals surface area (Å²) >= 11 is -1.18. The van der Waals surface area contributed by atoms with Crippen molar-refractivity contribution in [2.75, 3.05) is 6.61 Å². The zero-order valence-electron chi connectivity index (χ0n) is 14.1. The number of hydrogen-bond acceptors (Lipinski definition) is 2. The van der Waals surface area contributed by atoms with Gasteiger partial charge in [-0.25, -0.2) is 4.98 Å². The molecule has 0 atom stereocenters. The summed E-state index contributed by atoms with van der Waals surface area (Å²) in [6.45, 7) is 10.6. The monoisotopic (exact) mass is 392 g/mol. The van der Waals surface area contributed by atoms with E-state index in [0.717, 1.165) is 12.4 Å². The third kappa shape index (κ3) is 14.4. The van der Waals surface area contributed by atoms with Gasteiger partial charge in [-0.1, -0.05) is 19.6 Å². The first-order chi connectivity index (χ1) is 8.49. The Bertz CT molecular complexity index is 347. The van der Waals surface area contributed by atoms with Crippen molar-refractivity contribution in [2.24, 2.45) is 0 Å². The van der Waals surface area contributed by atoms with Crippen molar-refractivity contribution in [1.29, 1.82) is 0 Å². The van der Waals surface area contributed by atoms with E-state index in [9.17, 15) is 0 Å². The minimum atomic E-state index is -1.18. The normalized spacial score (nSPS) is 12.0. The van der Waals surface area contributed by atoms with E-state index in [1.165, 1.54) is 6.04 Å². The quantitative estimate of drug-likeness (QED) is 0.548. The Morgan fingerprint density at radius 3 is 2.11 bits per heavy atom. The van der Waals surface area contributed by atoms with Gasteiger partial charge in [0, 0.05) is 27.1 Å². The molecule has 0 N–H and O–H groups in total. The van der Waals surface area contributed by atoms with Crippen LogP contribution in [0.2, 0.25) is 45.4 Å². The fourth-order valence-electron chi connectivity index (χ4n) is 1.08. The zero-order chi connectivity index (χ0) is 15.1. The van der Waals surface area contributed by atoms with E-state index in [0.29, 0.717) is 6.73 Å². The van der Waals surface area contributed by atoms with Gasteiger partial charge in [-0.05, 0) is 13.0 Å². The van der Waals surface area contributed by atoms with Crippen LogP contribution in [-0.4, -0.2) is 42.6 Å². The van der Waals surface area contributed by atoms with Crippen molar-refractivity contribution in [1.82, 2.24) is 9.55 Å². The fourth-order valence-corrected chi connectivity index (χ4v) is 1.84. The van der Waals surface area contributed by atoms with Crippen LogP contribution in [0.25, 0.3) is 0 Å². The SMILES string of the molecule is Cc1nccn1COCC[Si](C)(C)C.[CH3][Sn]([CH3])([CH3])[CH3]. The van der Waals surface area contributed by atoms with Crippen LogP contribution in [0.15, 0.2) is 12.4 Å². The molecule has 0 aliphatic heterocycles. The van der Waals surface area contributed by atoms with Crippen molar-refractivity contribution in [2.45, 2.75) is 59.1 Å². The molecular weight excluding hydrogens is 359 g/mol. The average Bonchev–Trinajstić information content (AvgIpc) is 2.55. The van der Waals surface area contributed by atoms with Crippen molar-refractivity contribution in [3.05, 3.63) is 18.2 Å². The van der Waals surface area contributed by atoms with Crippen molar-refractivity contribution in [3.8, 4) is 0 Å². The molecule has 0 amide bonds. The fraction of sp³-hybridized carbons (Fsp3) is 0.786. The molecular formula is C14H32N2OSiSn. The summed E-state index contributed by atoms with van der Waals surface area (Å²) in [5, 5.41) is 0. The summed E-state index contributed by atoms with van der Waals surface area (Å²) in [4.78, 5) is 13.7. The van der Waals surface area contributed by atoms with Crippen LogP contribution in [0.4, 0.5) is 0 Å². The molecule has 5 heteroatoms. The van der Waals surface area contributed by atoms with Crippen LogP contribution in [0.3, 0.4) is 0 Å². The molecule has 19 heavy (non-hydrogen) atoms. The predicted octanol–water partition coefficient (Wildman–Crippen LogP) is 4.46. The van der Waals surface area contributed by atoms with Gasteiger partial charge in [-0.3, -0.25) is 0 Å². The second kappa shape index (κ2) is 8.47. The Morgan fingerprint density at radius 2 is 1.74 bits per heavy atom. The number of aromatic nitrogens is 2. The summed E-state index contributed by atoms with van der Waals surface area (Å²) in [7, 11) is -0.943. The molecule has 0 spiro atoms. The molecule has 112 valence electrons. The Morgan fingerprint density at radius 1 is 1.21 bits per heavy atom. The van der Waals surface area contributed by atoms with E-state index in [-0.39, 0.29) is 0 Å². The first-order valence-corrected chi connectivity index (χ1v) is 22.2. The molecule has 0 saturated carbocycles. The van der Waals surface area contributed by atoms with Crippen LogP contribution < -0.4 is 0 Å². The second-order valence-corrected chi connectivity index (χ2v) is 30.5. The van der Waals surface area contributed by atoms with Gasteiger partial charge in [0.1, 0.15) is 12.6 Å². The summed E-state index contributed by atoms with van der Waals surface area (Å²) in [6.07, 6.45) is 3.75. The van der Waals surface area contributed by atoms with E-state index in [4.69, 9.17) is 4.74 Å². The van der Waals surface area contributed by atoms with Gasteiger partial charge in [0.15, 0.2) is 0 Å². The van der Waals surface area contributed by atoms with Gasteiger partial charge >= 0.3 is 38.1 Å². The first-order valence-electron chi connectivity index (χ1n) is 7.04. The maximum absolute atomic E-state index is 5.59. The molecule has 0 bridgehead atoms. The van der Waals surface area contributed by atoms with Crippen molar-refractivity contribution < 1.29 is 4.74 Å². The third-order valence-electron chi connectivity index (χ3n) is 2.15. The maximum atomic E-state index is 5.59. The number of ether oxygens (including phenoxy) is 1. The topological polar surface area (TPSA) is 27.1 Å². The minimum absolute atomic E-state index is 0.635. The van der Waals surface area contributed by atoms with Gasteiger partial charge in [0.2, 0.25) is 0 Å². The molecule has 3 nitrogen and oxygen atoms in total. The Balaban J connectivity index is 0.000000555. The van der Waals surface area contributed by atoms with Crippen molar-refractivity contribution in [3.63, 3.8) is 0 Å². The first kappa shape index (κ1) is 19.2. The molecule has 1 heterocycles. The van der Waals surface area contributed by atoms with E-state index >= 15 is 0 Å². The Labute approximate surface area is 124 Å². The van der Waals surface area contributed by atoms with Crippen molar-refractivity contribution >= 4 is 26.5 Å². The van der Waals surface area contributed by atoms with Crippen LogP contribution in [0, 0.1) is 6.92 Å². The number of imidazole rings is 1. The summed E-state index contributed by atoms with van der Waals surface area (Å²) < 4.78 is 7.61. The van der Waals surface area contributed by atoms with Gasteiger partial charge in [-0.2, -0.15) is 0 Å². The molecule has 0 aliphatic carbocycles. The average molecular weight is 391 g/mol. The molecule has 0 unspecified atom stereocenters. The number of rotatable bonds is 5. The number of nitrogens with zero attached hydrogens (tertiary/aromatic N) is 2. The molecule has 1 rings (SSSR count). The molecule has 0 aliphatic rings. The summed E-state index contributed by atoms with van der Waals surface area (Å²) in [5.74, 6) is 1.01. The second-order valence-electron chi connectivity index (χ2n) is 7.79. The van der Waals surface area contributed by atoms with E-state index in [1.807, 2.05) is 17.7 Å². The van der Waals surface area contributed by atoms with Crippen LogP contribution in [0.5, 0.6) is 0 Å². The predicted molar refractivity (Wildman–Crippen MR) is 90.3 cm³/mol. The Kier molecular flexibility index (Phi) is 8.55. The molecule has 0 saturated heterocycles. The molecule has 0 aromatic carbocycles. The van der Waals surface area contributed by atoms with Gasteiger partial charge in [0.05, 0.1) is 0 Å². The zero-order valence-corrected chi connectivity index (χ0v) is 17.9. The Hall–Kier alpha value is 0.186. The van der Waals surface area contributed by atoms with Crippen LogP contribution in [-0.2, 0) is 11.5 Å². The number of hydrogen-bond donors (Lipinski definition) is 0. The van der Waals surface area contributed by atoms with E-state index < -0.39 is 26.5 Å². The van der Waals surface area contributed by atoms with Gasteiger partial charge in [-0.15, -0.1) is 0 Å². The summed E-state index contributed by atoms with van der Waals surface area (Å²) in [5.41, 5.74) is 0. The summed E-state index contributed by atoms with van der Waals surface area (Å²) in [6, 6.07) is 1.22. The van der Waals surface area contributed by atoms with Crippen LogP contribution >= 0.6 is 0 Å². The standard InChI is InChI=1S/C10H20N2OSi.4CH3.Sn/c1-10-11-5-6-12(10)9-13-7-8-14(2,3)4;;;;;/h5-6H,7-9H2,1-4H3;4*1H3;. The number of aryl methyl sites for hydroxylation is 1.